The van der Waals surface area contributed by atoms with Crippen molar-refractivity contribution >= 4 is 17.1 Å². The van der Waals surface area contributed by atoms with Crippen LogP contribution in [0.1, 0.15) is 41.2 Å². The number of Topliss-reactive ketones (excluding diaryl/α,β-unsaturated/α-hetero) is 1. The van der Waals surface area contributed by atoms with Gasteiger partial charge in [-0.05, 0) is 32.6 Å². The summed E-state index contributed by atoms with van der Waals surface area (Å²) >= 11 is 1.45. The van der Waals surface area contributed by atoms with Gasteiger partial charge in [0.1, 0.15) is 11.3 Å². The molecule has 1 heterocycles. The monoisotopic (exact) mass is 211 g/mol. The molecule has 0 unspecified atom stereocenters. The van der Waals surface area contributed by atoms with E-state index in [9.17, 15) is 9.90 Å². The highest BCUT2D eigenvalue weighted by Crippen LogP contribution is 2.32. The number of carbonyl (C=O) groups is 1. The minimum absolute atomic E-state index is 0.195. The third-order valence-corrected chi connectivity index (χ3v) is 3.48. The van der Waals surface area contributed by atoms with Crippen LogP contribution in [0.4, 0.5) is 0 Å². The Kier molecular flexibility index (Phi) is 2.41. The summed E-state index contributed by atoms with van der Waals surface area (Å²) in [5.74, 6) is -0.195. The molecule has 0 spiro atoms. The number of ketones is 1. The Morgan fingerprint density at radius 3 is 2.71 bits per heavy atom. The molecular formula is C10H13NO2S. The van der Waals surface area contributed by atoms with Gasteiger partial charge in [0, 0.05) is 5.38 Å². The molecule has 0 radical (unpaired) electrons. The molecule has 2 rings (SSSR count). The molecule has 76 valence electrons. The summed E-state index contributed by atoms with van der Waals surface area (Å²) in [5.41, 5.74) is -0.697. The second-order valence-corrected chi connectivity index (χ2v) is 4.88. The average Bonchev–Trinajstić information content (AvgIpc) is 2.74. The Hall–Kier alpha value is -0.740. The molecule has 1 saturated carbocycles. The summed E-state index contributed by atoms with van der Waals surface area (Å²) < 4.78 is 0. The smallest absolute Gasteiger partial charge is 0.213 e. The summed E-state index contributed by atoms with van der Waals surface area (Å²) in [5, 5.41) is 12.6. The fraction of sp³-hybridized carbons (Fsp3) is 0.600. The summed E-state index contributed by atoms with van der Waals surface area (Å²) in [6, 6.07) is 0. The number of nitrogens with zero attached hydrogens (tertiary/aromatic N) is 1. The van der Waals surface area contributed by atoms with Crippen molar-refractivity contribution in [3.05, 3.63) is 16.1 Å². The van der Waals surface area contributed by atoms with Crippen LogP contribution in [0.2, 0.25) is 0 Å². The van der Waals surface area contributed by atoms with Gasteiger partial charge in [0.15, 0.2) is 0 Å². The maximum Gasteiger partial charge on any atom is 0.213 e. The first kappa shape index (κ1) is 9.80. The zero-order chi connectivity index (χ0) is 10.2. The first-order valence-corrected chi connectivity index (χ1v) is 5.69. The van der Waals surface area contributed by atoms with Crippen molar-refractivity contribution in [2.75, 3.05) is 0 Å². The topological polar surface area (TPSA) is 50.2 Å². The van der Waals surface area contributed by atoms with Gasteiger partial charge in [-0.3, -0.25) is 4.79 Å². The van der Waals surface area contributed by atoms with E-state index in [0.29, 0.717) is 18.5 Å². The molecule has 1 aliphatic carbocycles. The Labute approximate surface area is 86.8 Å². The van der Waals surface area contributed by atoms with Crippen LogP contribution in [0.15, 0.2) is 5.38 Å². The summed E-state index contributed by atoms with van der Waals surface area (Å²) in [4.78, 5) is 16.0. The van der Waals surface area contributed by atoms with E-state index in [2.05, 4.69) is 4.98 Å². The highest BCUT2D eigenvalue weighted by molar-refractivity contribution is 7.09. The molecular weight excluding hydrogens is 198 g/mol. The fourth-order valence-electron chi connectivity index (χ4n) is 1.89. The normalized spacial score (nSPS) is 19.9. The lowest BCUT2D eigenvalue weighted by Crippen LogP contribution is -2.35. The molecule has 0 aromatic carbocycles. The van der Waals surface area contributed by atoms with Crippen LogP contribution in [0.5, 0.6) is 0 Å². The van der Waals surface area contributed by atoms with E-state index < -0.39 is 5.60 Å². The molecule has 3 nitrogen and oxygen atoms in total. The van der Waals surface area contributed by atoms with Gasteiger partial charge in [0.05, 0.1) is 5.01 Å². The van der Waals surface area contributed by atoms with Gasteiger partial charge in [0.2, 0.25) is 5.78 Å². The maximum atomic E-state index is 11.9. The standard InChI is InChI=1S/C10H13NO2S/c1-7-11-8(6-14-7)9(12)10(13)4-2-3-5-10/h6,13H,2-5H2,1H3. The predicted molar refractivity (Wildman–Crippen MR) is 54.6 cm³/mol. The molecule has 1 aromatic heterocycles. The van der Waals surface area contributed by atoms with Crippen LogP contribution >= 0.6 is 11.3 Å². The third-order valence-electron chi connectivity index (χ3n) is 2.71. The van der Waals surface area contributed by atoms with Gasteiger partial charge < -0.3 is 5.11 Å². The van der Waals surface area contributed by atoms with Crippen LogP contribution in [0, 0.1) is 6.92 Å². The van der Waals surface area contributed by atoms with Crippen molar-refractivity contribution in [2.24, 2.45) is 0 Å². The molecule has 0 aliphatic heterocycles. The zero-order valence-electron chi connectivity index (χ0n) is 8.12. The highest BCUT2D eigenvalue weighted by Gasteiger charge is 2.40. The number of rotatable bonds is 2. The number of aliphatic hydroxyl groups is 1. The van der Waals surface area contributed by atoms with Gasteiger partial charge in [0.25, 0.3) is 0 Å². The SMILES string of the molecule is Cc1nc(C(=O)C2(O)CCCC2)cs1. The van der Waals surface area contributed by atoms with Crippen molar-refractivity contribution < 1.29 is 9.90 Å². The molecule has 1 N–H and O–H groups in total. The molecule has 0 atom stereocenters. The third kappa shape index (κ3) is 1.60. The van der Waals surface area contributed by atoms with Gasteiger partial charge in [-0.25, -0.2) is 4.98 Å². The molecule has 1 fully saturated rings. The van der Waals surface area contributed by atoms with Crippen molar-refractivity contribution in [3.8, 4) is 0 Å². The van der Waals surface area contributed by atoms with Crippen LogP contribution in [-0.2, 0) is 0 Å². The molecule has 14 heavy (non-hydrogen) atoms. The second kappa shape index (κ2) is 3.44. The Bertz CT molecular complexity index is 353. The second-order valence-electron chi connectivity index (χ2n) is 3.82. The molecule has 4 heteroatoms. The number of aromatic nitrogens is 1. The zero-order valence-corrected chi connectivity index (χ0v) is 8.93. The Morgan fingerprint density at radius 2 is 2.21 bits per heavy atom. The molecule has 1 aromatic rings. The van der Waals surface area contributed by atoms with Crippen molar-refractivity contribution in [1.29, 1.82) is 0 Å². The first-order chi connectivity index (χ1) is 6.62. The van der Waals surface area contributed by atoms with Crippen LogP contribution in [0.3, 0.4) is 0 Å². The van der Waals surface area contributed by atoms with Gasteiger partial charge in [-0.1, -0.05) is 0 Å². The van der Waals surface area contributed by atoms with Crippen molar-refractivity contribution in [3.63, 3.8) is 0 Å². The largest absolute Gasteiger partial charge is 0.382 e. The summed E-state index contributed by atoms with van der Waals surface area (Å²) in [6.45, 7) is 1.86. The summed E-state index contributed by atoms with van der Waals surface area (Å²) in [7, 11) is 0. The number of hydrogen-bond acceptors (Lipinski definition) is 4. The van der Waals surface area contributed by atoms with E-state index in [1.165, 1.54) is 11.3 Å². The lowest BCUT2D eigenvalue weighted by molar-refractivity contribution is 0.0348. The van der Waals surface area contributed by atoms with E-state index in [4.69, 9.17) is 0 Å². The lowest BCUT2D eigenvalue weighted by Gasteiger charge is -2.18. The number of hydrogen-bond donors (Lipinski definition) is 1. The number of thiazole rings is 1. The van der Waals surface area contributed by atoms with Crippen LogP contribution in [0.25, 0.3) is 0 Å². The highest BCUT2D eigenvalue weighted by atomic mass is 32.1. The average molecular weight is 211 g/mol. The molecule has 1 aliphatic rings. The Balaban J connectivity index is 2.23. The summed E-state index contributed by atoms with van der Waals surface area (Å²) in [6.07, 6.45) is 3.04. The van der Waals surface area contributed by atoms with E-state index in [1.807, 2.05) is 6.92 Å². The van der Waals surface area contributed by atoms with E-state index in [-0.39, 0.29) is 5.78 Å². The lowest BCUT2D eigenvalue weighted by atomic mass is 9.95. The molecule has 0 saturated heterocycles. The minimum Gasteiger partial charge on any atom is -0.382 e. The Morgan fingerprint density at radius 1 is 1.57 bits per heavy atom. The predicted octanol–water partition coefficient (Wildman–Crippen LogP) is 1.94. The van der Waals surface area contributed by atoms with Crippen molar-refractivity contribution in [2.45, 2.75) is 38.2 Å². The van der Waals surface area contributed by atoms with Gasteiger partial charge in [-0.15, -0.1) is 11.3 Å². The molecule has 0 bridgehead atoms. The fourth-order valence-corrected chi connectivity index (χ4v) is 2.49. The van der Waals surface area contributed by atoms with Crippen LogP contribution in [-0.4, -0.2) is 21.5 Å². The van der Waals surface area contributed by atoms with Gasteiger partial charge in [-0.2, -0.15) is 0 Å². The molecule has 0 amide bonds. The minimum atomic E-state index is -1.12. The number of aryl methyl sites for hydroxylation is 1. The van der Waals surface area contributed by atoms with E-state index in [0.717, 1.165) is 17.8 Å². The number of carbonyl (C=O) groups excluding carboxylic acids is 1. The first-order valence-electron chi connectivity index (χ1n) is 4.81. The maximum absolute atomic E-state index is 11.9. The van der Waals surface area contributed by atoms with Crippen molar-refractivity contribution in [1.82, 2.24) is 4.98 Å². The quantitative estimate of drug-likeness (QED) is 0.760. The van der Waals surface area contributed by atoms with E-state index in [1.54, 1.807) is 5.38 Å². The van der Waals surface area contributed by atoms with E-state index >= 15 is 0 Å². The van der Waals surface area contributed by atoms with Gasteiger partial charge >= 0.3 is 0 Å². The van der Waals surface area contributed by atoms with Crippen LogP contribution < -0.4 is 0 Å².